The van der Waals surface area contributed by atoms with Gasteiger partial charge in [0.15, 0.2) is 0 Å². The minimum Gasteiger partial charge on any atom is -0.396 e. The third-order valence-corrected chi connectivity index (χ3v) is 7.74. The summed E-state index contributed by atoms with van der Waals surface area (Å²) >= 11 is 0. The van der Waals surface area contributed by atoms with Crippen LogP contribution in [-0.4, -0.2) is 60.1 Å². The highest BCUT2D eigenvalue weighted by Crippen LogP contribution is 2.56. The fourth-order valence-corrected chi connectivity index (χ4v) is 3.18. The van der Waals surface area contributed by atoms with Crippen molar-refractivity contribution in [1.82, 2.24) is 4.90 Å². The molecule has 1 aliphatic heterocycles. The van der Waals surface area contributed by atoms with Gasteiger partial charge >= 0.3 is 0 Å². The maximum atomic E-state index is 9.62. The molecule has 0 spiro atoms. The number of likely N-dealkylation sites (tertiary alicyclic amines) is 1. The van der Waals surface area contributed by atoms with E-state index in [9.17, 15) is 5.11 Å². The van der Waals surface area contributed by atoms with E-state index >= 15 is 0 Å². The molecular formula is C13H29NO2S. The second kappa shape index (κ2) is 4.72. The van der Waals surface area contributed by atoms with Gasteiger partial charge in [-0.05, 0) is 19.6 Å². The molecule has 0 aromatic heterocycles. The van der Waals surface area contributed by atoms with Gasteiger partial charge in [-0.3, -0.25) is 0 Å². The fraction of sp³-hybridized carbons (Fsp3) is 1.00. The lowest BCUT2D eigenvalue weighted by Crippen LogP contribution is -2.39. The molecular weight excluding hydrogens is 234 g/mol. The van der Waals surface area contributed by atoms with Gasteiger partial charge in [-0.1, -0.05) is 27.7 Å². The Labute approximate surface area is 108 Å². The van der Waals surface area contributed by atoms with Crippen molar-refractivity contribution >= 4 is 10.3 Å². The summed E-state index contributed by atoms with van der Waals surface area (Å²) in [4.78, 5) is 2.25. The van der Waals surface area contributed by atoms with Crippen LogP contribution in [0.4, 0.5) is 0 Å². The normalized spacial score (nSPS) is 33.1. The Bertz CT molecular complexity index is 275. The first-order valence-electron chi connectivity index (χ1n) is 6.22. The molecule has 2 atom stereocenters. The van der Waals surface area contributed by atoms with Gasteiger partial charge in [-0.25, -0.2) is 0 Å². The third-order valence-electron chi connectivity index (χ3n) is 4.08. The summed E-state index contributed by atoms with van der Waals surface area (Å²) in [5.74, 6) is 0. The summed E-state index contributed by atoms with van der Waals surface area (Å²) in [6.45, 7) is 10.9. The molecule has 17 heavy (non-hydrogen) atoms. The van der Waals surface area contributed by atoms with E-state index in [-0.39, 0.29) is 22.9 Å². The Kier molecular flexibility index (Phi) is 4.25. The quantitative estimate of drug-likeness (QED) is 0.846. The van der Waals surface area contributed by atoms with E-state index in [1.807, 2.05) is 0 Å². The number of aliphatic hydroxyl groups is 1. The first-order valence-corrected chi connectivity index (χ1v) is 8.60. The first-order chi connectivity index (χ1) is 7.52. The van der Waals surface area contributed by atoms with Crippen LogP contribution in [0, 0.1) is 5.41 Å². The highest BCUT2D eigenvalue weighted by atomic mass is 32.3. The van der Waals surface area contributed by atoms with Crippen LogP contribution in [0.2, 0.25) is 0 Å². The molecule has 4 heteroatoms. The number of likely N-dealkylation sites (N-methyl/N-ethyl adjacent to an activating group) is 1. The number of rotatable bonds is 3. The van der Waals surface area contributed by atoms with Gasteiger partial charge in [0.25, 0.3) is 0 Å². The van der Waals surface area contributed by atoms with E-state index in [0.29, 0.717) is 0 Å². The van der Waals surface area contributed by atoms with Crippen molar-refractivity contribution in [2.45, 2.75) is 38.5 Å². The average molecular weight is 263 g/mol. The molecule has 0 saturated carbocycles. The average Bonchev–Trinajstić information content (AvgIpc) is 2.40. The van der Waals surface area contributed by atoms with Crippen LogP contribution in [0.5, 0.6) is 0 Å². The molecule has 1 N–H and O–H groups in total. The number of hydrogen-bond acceptors (Lipinski definition) is 3. The molecule has 1 fully saturated rings. The Hall–Kier alpha value is 0.230. The van der Waals surface area contributed by atoms with E-state index in [1.54, 1.807) is 0 Å². The second-order valence-electron chi connectivity index (χ2n) is 6.94. The van der Waals surface area contributed by atoms with Crippen molar-refractivity contribution in [1.29, 1.82) is 0 Å². The number of nitrogens with zero attached hydrogens (tertiary/aromatic N) is 1. The Balaban J connectivity index is 2.81. The van der Waals surface area contributed by atoms with Crippen molar-refractivity contribution < 1.29 is 9.29 Å². The van der Waals surface area contributed by atoms with Gasteiger partial charge in [-0.2, -0.15) is 0 Å². The minimum absolute atomic E-state index is 0.121. The zero-order valence-corrected chi connectivity index (χ0v) is 13.2. The van der Waals surface area contributed by atoms with Crippen molar-refractivity contribution in [2.75, 3.05) is 39.3 Å². The standard InChI is InChI=1S/C13H29NO2S/c1-12(2,3)17(6,7)16-11-8-14(5)9-13(11,4)10-15/h11,15H,8-10H2,1-7H3. The van der Waals surface area contributed by atoms with Gasteiger partial charge in [0.1, 0.15) is 0 Å². The van der Waals surface area contributed by atoms with Gasteiger partial charge < -0.3 is 14.2 Å². The van der Waals surface area contributed by atoms with Crippen LogP contribution in [0.25, 0.3) is 0 Å². The van der Waals surface area contributed by atoms with Gasteiger partial charge in [0.05, 0.1) is 12.7 Å². The number of hydrogen-bond donors (Lipinski definition) is 1. The summed E-state index contributed by atoms with van der Waals surface area (Å²) in [5, 5.41) is 9.62. The summed E-state index contributed by atoms with van der Waals surface area (Å²) in [6.07, 6.45) is 4.59. The summed E-state index contributed by atoms with van der Waals surface area (Å²) in [7, 11) is 0.970. The van der Waals surface area contributed by atoms with Crippen LogP contribution < -0.4 is 0 Å². The SMILES string of the molecule is CN1CC(OS(C)(C)C(C)(C)C)C(C)(CO)C1. The van der Waals surface area contributed by atoms with Crippen LogP contribution in [0.1, 0.15) is 27.7 Å². The van der Waals surface area contributed by atoms with Gasteiger partial charge in [0, 0.05) is 23.3 Å². The van der Waals surface area contributed by atoms with Crippen LogP contribution in [-0.2, 0) is 4.18 Å². The molecule has 0 aromatic carbocycles. The molecule has 0 bridgehead atoms. The molecule has 1 saturated heterocycles. The van der Waals surface area contributed by atoms with E-state index < -0.39 is 10.3 Å². The highest BCUT2D eigenvalue weighted by Gasteiger charge is 2.45. The van der Waals surface area contributed by atoms with Crippen LogP contribution in [0.3, 0.4) is 0 Å². The van der Waals surface area contributed by atoms with Crippen LogP contribution >= 0.6 is 10.3 Å². The van der Waals surface area contributed by atoms with Gasteiger partial charge in [-0.15, -0.1) is 10.3 Å². The van der Waals surface area contributed by atoms with Crippen molar-refractivity contribution in [2.24, 2.45) is 5.41 Å². The molecule has 1 heterocycles. The molecule has 1 aliphatic rings. The fourth-order valence-electron chi connectivity index (χ4n) is 2.02. The molecule has 0 radical (unpaired) electrons. The molecule has 2 unspecified atom stereocenters. The maximum Gasteiger partial charge on any atom is 0.0915 e. The van der Waals surface area contributed by atoms with Crippen molar-refractivity contribution in [3.05, 3.63) is 0 Å². The van der Waals surface area contributed by atoms with Crippen LogP contribution in [0.15, 0.2) is 0 Å². The lowest BCUT2D eigenvalue weighted by Gasteiger charge is -2.47. The van der Waals surface area contributed by atoms with Crippen molar-refractivity contribution in [3.8, 4) is 0 Å². The zero-order chi connectivity index (χ0) is 13.5. The molecule has 104 valence electrons. The smallest absolute Gasteiger partial charge is 0.0915 e. The molecule has 3 nitrogen and oxygen atoms in total. The molecule has 0 amide bonds. The third kappa shape index (κ3) is 3.16. The Morgan fingerprint density at radius 2 is 1.94 bits per heavy atom. The zero-order valence-electron chi connectivity index (χ0n) is 12.4. The summed E-state index contributed by atoms with van der Waals surface area (Å²) in [5.41, 5.74) is -0.121. The number of aliphatic hydroxyl groups excluding tert-OH is 1. The predicted octanol–water partition coefficient (Wildman–Crippen LogP) is 2.09. The Morgan fingerprint density at radius 1 is 1.41 bits per heavy atom. The molecule has 0 aliphatic carbocycles. The van der Waals surface area contributed by atoms with E-state index in [2.05, 4.69) is 52.2 Å². The predicted molar refractivity (Wildman–Crippen MR) is 76.8 cm³/mol. The lowest BCUT2D eigenvalue weighted by atomic mass is 9.88. The molecule has 1 rings (SSSR count). The summed E-state index contributed by atoms with van der Waals surface area (Å²) < 4.78 is 6.59. The van der Waals surface area contributed by atoms with E-state index in [0.717, 1.165) is 13.1 Å². The minimum atomic E-state index is -1.12. The summed E-state index contributed by atoms with van der Waals surface area (Å²) in [6, 6.07) is 0. The van der Waals surface area contributed by atoms with E-state index in [4.69, 9.17) is 4.18 Å². The monoisotopic (exact) mass is 263 g/mol. The topological polar surface area (TPSA) is 32.7 Å². The maximum absolute atomic E-state index is 9.62. The molecule has 0 aromatic rings. The van der Waals surface area contributed by atoms with Gasteiger partial charge in [0.2, 0.25) is 0 Å². The van der Waals surface area contributed by atoms with Crippen molar-refractivity contribution in [3.63, 3.8) is 0 Å². The Morgan fingerprint density at radius 3 is 2.35 bits per heavy atom. The van der Waals surface area contributed by atoms with E-state index in [1.165, 1.54) is 0 Å². The second-order valence-corrected chi connectivity index (χ2v) is 10.8. The lowest BCUT2D eigenvalue weighted by molar-refractivity contribution is 0.0583. The largest absolute Gasteiger partial charge is 0.396 e. The first kappa shape index (κ1) is 15.3. The highest BCUT2D eigenvalue weighted by molar-refractivity contribution is 8.29.